The maximum Gasteiger partial charge on any atom is 0.254 e. The van der Waals surface area contributed by atoms with Gasteiger partial charge in [-0.2, -0.15) is 0 Å². The van der Waals surface area contributed by atoms with Crippen molar-refractivity contribution in [1.29, 1.82) is 0 Å². The van der Waals surface area contributed by atoms with E-state index >= 15 is 0 Å². The third-order valence-corrected chi connectivity index (χ3v) is 3.78. The highest BCUT2D eigenvalue weighted by Gasteiger charge is 2.12. The fourth-order valence-corrected chi connectivity index (χ4v) is 2.47. The first-order valence-corrected chi connectivity index (χ1v) is 7.93. The Morgan fingerprint density at radius 1 is 1.04 bits per heavy atom. The molecule has 1 N–H and O–H groups in total. The molecule has 0 unspecified atom stereocenters. The van der Waals surface area contributed by atoms with E-state index in [1.54, 1.807) is 32.7 Å². The van der Waals surface area contributed by atoms with Crippen LogP contribution >= 0.6 is 0 Å². The lowest BCUT2D eigenvalue weighted by atomic mass is 10.1. The van der Waals surface area contributed by atoms with Crippen LogP contribution in [0.25, 0.3) is 11.4 Å². The molecule has 0 spiro atoms. The van der Waals surface area contributed by atoms with Crippen LogP contribution in [-0.2, 0) is 6.54 Å². The monoisotopic (exact) mass is 350 g/mol. The lowest BCUT2D eigenvalue weighted by Gasteiger charge is -2.13. The predicted molar refractivity (Wildman–Crippen MR) is 96.0 cm³/mol. The van der Waals surface area contributed by atoms with Crippen LogP contribution in [0.4, 0.5) is 0 Å². The van der Waals surface area contributed by atoms with Gasteiger partial charge in [0.25, 0.3) is 5.91 Å². The third kappa shape index (κ3) is 3.77. The second kappa shape index (κ2) is 8.06. The van der Waals surface area contributed by atoms with Crippen molar-refractivity contribution >= 4 is 5.91 Å². The first kappa shape index (κ1) is 17.3. The number of amides is 1. The van der Waals surface area contributed by atoms with Crippen LogP contribution in [0.2, 0.25) is 0 Å². The molecule has 1 amide bonds. The molecular weight excluding hydrogens is 332 g/mol. The summed E-state index contributed by atoms with van der Waals surface area (Å²) in [4.78, 5) is 24.8. The highest BCUT2D eigenvalue weighted by atomic mass is 16.5. The number of rotatable bonds is 6. The molecule has 0 radical (unpaired) electrons. The molecule has 2 aromatic heterocycles. The van der Waals surface area contributed by atoms with Gasteiger partial charge in [-0.1, -0.05) is 12.1 Å². The molecule has 0 saturated heterocycles. The zero-order valence-electron chi connectivity index (χ0n) is 14.5. The first-order chi connectivity index (χ1) is 12.7. The summed E-state index contributed by atoms with van der Waals surface area (Å²) in [6.07, 6.45) is 6.34. The van der Waals surface area contributed by atoms with E-state index in [2.05, 4.69) is 20.3 Å². The number of carbonyl (C=O) groups excluding carboxylic acids is 1. The van der Waals surface area contributed by atoms with Crippen LogP contribution in [0, 0.1) is 0 Å². The molecule has 2 heterocycles. The van der Waals surface area contributed by atoms with E-state index < -0.39 is 0 Å². The van der Waals surface area contributed by atoms with Crippen molar-refractivity contribution in [3.05, 3.63) is 66.2 Å². The minimum atomic E-state index is -0.267. The largest absolute Gasteiger partial charge is 0.493 e. The van der Waals surface area contributed by atoms with Gasteiger partial charge < -0.3 is 14.8 Å². The Morgan fingerprint density at radius 3 is 2.42 bits per heavy atom. The topological polar surface area (TPSA) is 86.2 Å². The van der Waals surface area contributed by atoms with Gasteiger partial charge in [-0.25, -0.2) is 9.97 Å². The molecular formula is C19H18N4O3. The number of aromatic nitrogens is 3. The average Bonchev–Trinajstić information content (AvgIpc) is 2.72. The third-order valence-electron chi connectivity index (χ3n) is 3.78. The molecule has 26 heavy (non-hydrogen) atoms. The second-order valence-corrected chi connectivity index (χ2v) is 5.37. The predicted octanol–water partition coefficient (Wildman–Crippen LogP) is 2.49. The van der Waals surface area contributed by atoms with Crippen LogP contribution in [0.1, 0.15) is 15.9 Å². The molecule has 1 aromatic carbocycles. The van der Waals surface area contributed by atoms with Crippen molar-refractivity contribution in [3.8, 4) is 22.9 Å². The SMILES string of the molecule is COc1cccc(CNC(=O)c2cnc(-c3ccncc3)nc2)c1OC. The fraction of sp³-hybridized carbons (Fsp3) is 0.158. The Balaban J connectivity index is 1.69. The molecule has 0 saturated carbocycles. The van der Waals surface area contributed by atoms with Gasteiger partial charge in [-0.3, -0.25) is 9.78 Å². The summed E-state index contributed by atoms with van der Waals surface area (Å²) in [5.41, 5.74) is 2.03. The second-order valence-electron chi connectivity index (χ2n) is 5.37. The minimum absolute atomic E-state index is 0.267. The molecule has 3 rings (SSSR count). The molecule has 0 aliphatic rings. The molecule has 7 heteroatoms. The molecule has 3 aromatic rings. The zero-order chi connectivity index (χ0) is 18.4. The van der Waals surface area contributed by atoms with Crippen LogP contribution in [0.5, 0.6) is 11.5 Å². The van der Waals surface area contributed by atoms with Crippen LogP contribution < -0.4 is 14.8 Å². The van der Waals surface area contributed by atoms with Gasteiger partial charge in [-0.15, -0.1) is 0 Å². The summed E-state index contributed by atoms with van der Waals surface area (Å²) in [6, 6.07) is 9.13. The molecule has 0 atom stereocenters. The number of hydrogen-bond acceptors (Lipinski definition) is 6. The zero-order valence-corrected chi connectivity index (χ0v) is 14.5. The Hall–Kier alpha value is -3.48. The van der Waals surface area contributed by atoms with E-state index in [-0.39, 0.29) is 5.91 Å². The normalized spacial score (nSPS) is 10.2. The summed E-state index contributed by atoms with van der Waals surface area (Å²) in [5.74, 6) is 1.48. The number of carbonyl (C=O) groups is 1. The minimum Gasteiger partial charge on any atom is -0.493 e. The van der Waals surface area contributed by atoms with Crippen LogP contribution in [0.3, 0.4) is 0 Å². The molecule has 132 valence electrons. The fourth-order valence-electron chi connectivity index (χ4n) is 2.47. The van der Waals surface area contributed by atoms with Crippen LogP contribution in [-0.4, -0.2) is 35.1 Å². The number of hydrogen-bond donors (Lipinski definition) is 1. The summed E-state index contributed by atoms with van der Waals surface area (Å²) in [5, 5.41) is 2.84. The van der Waals surface area contributed by atoms with Gasteiger partial charge in [0, 0.05) is 42.5 Å². The van der Waals surface area contributed by atoms with Crippen molar-refractivity contribution in [1.82, 2.24) is 20.3 Å². The molecule has 0 aliphatic carbocycles. The number of nitrogens with one attached hydrogen (secondary N) is 1. The summed E-state index contributed by atoms with van der Waals surface area (Å²) in [7, 11) is 3.14. The van der Waals surface area contributed by atoms with Crippen molar-refractivity contribution < 1.29 is 14.3 Å². The molecule has 7 nitrogen and oxygen atoms in total. The smallest absolute Gasteiger partial charge is 0.254 e. The highest BCUT2D eigenvalue weighted by molar-refractivity contribution is 5.93. The quantitative estimate of drug-likeness (QED) is 0.735. The van der Waals surface area contributed by atoms with Gasteiger partial charge in [0.1, 0.15) is 0 Å². The lowest BCUT2D eigenvalue weighted by molar-refractivity contribution is 0.0950. The average molecular weight is 350 g/mol. The standard InChI is InChI=1S/C19H18N4O3/c1-25-16-5-3-4-14(17(16)26-2)10-23-19(24)15-11-21-18(22-12-15)13-6-8-20-9-7-13/h3-9,11-12H,10H2,1-2H3,(H,23,24). The number of para-hydroxylation sites is 1. The summed E-state index contributed by atoms with van der Waals surface area (Å²) in [6.45, 7) is 0.297. The van der Waals surface area contributed by atoms with E-state index in [0.29, 0.717) is 29.4 Å². The van der Waals surface area contributed by atoms with Crippen molar-refractivity contribution in [2.24, 2.45) is 0 Å². The van der Waals surface area contributed by atoms with E-state index in [4.69, 9.17) is 9.47 Å². The number of ether oxygens (including phenoxy) is 2. The Labute approximate surface area is 151 Å². The number of pyridine rings is 1. The molecule has 0 aliphatic heterocycles. The molecule has 0 fully saturated rings. The van der Waals surface area contributed by atoms with E-state index in [1.165, 1.54) is 12.4 Å². The van der Waals surface area contributed by atoms with Gasteiger partial charge >= 0.3 is 0 Å². The summed E-state index contributed by atoms with van der Waals surface area (Å²) >= 11 is 0. The Bertz CT molecular complexity index is 883. The van der Waals surface area contributed by atoms with Crippen molar-refractivity contribution in [2.75, 3.05) is 14.2 Å². The van der Waals surface area contributed by atoms with Gasteiger partial charge in [0.2, 0.25) is 0 Å². The highest BCUT2D eigenvalue weighted by Crippen LogP contribution is 2.30. The van der Waals surface area contributed by atoms with Gasteiger partial charge in [0.15, 0.2) is 17.3 Å². The van der Waals surface area contributed by atoms with E-state index in [1.807, 2.05) is 24.3 Å². The number of nitrogens with zero attached hydrogens (tertiary/aromatic N) is 3. The van der Waals surface area contributed by atoms with Gasteiger partial charge in [0.05, 0.1) is 19.8 Å². The molecule has 0 bridgehead atoms. The Kier molecular flexibility index (Phi) is 5.38. The van der Waals surface area contributed by atoms with E-state index in [9.17, 15) is 4.79 Å². The van der Waals surface area contributed by atoms with Crippen LogP contribution in [0.15, 0.2) is 55.1 Å². The van der Waals surface area contributed by atoms with Gasteiger partial charge in [-0.05, 0) is 18.2 Å². The van der Waals surface area contributed by atoms with E-state index in [0.717, 1.165) is 11.1 Å². The van der Waals surface area contributed by atoms with Crippen molar-refractivity contribution in [3.63, 3.8) is 0 Å². The lowest BCUT2D eigenvalue weighted by Crippen LogP contribution is -2.23. The number of benzene rings is 1. The maximum absolute atomic E-state index is 12.3. The van der Waals surface area contributed by atoms with Crippen molar-refractivity contribution in [2.45, 2.75) is 6.54 Å². The number of methoxy groups -OCH3 is 2. The maximum atomic E-state index is 12.3. The first-order valence-electron chi connectivity index (χ1n) is 7.93. The summed E-state index contributed by atoms with van der Waals surface area (Å²) < 4.78 is 10.6. The Morgan fingerprint density at radius 2 is 1.77 bits per heavy atom.